The molecule has 2 aromatic rings. The molecular weight excluding hydrogens is 242 g/mol. The smallest absolute Gasteiger partial charge is 0.193 e. The summed E-state index contributed by atoms with van der Waals surface area (Å²) in [5.41, 5.74) is 8.66. The number of nitrogens with one attached hydrogen (secondary N) is 1. The Morgan fingerprint density at radius 1 is 1.47 bits per heavy atom. The van der Waals surface area contributed by atoms with Crippen LogP contribution in [0.5, 0.6) is 0 Å². The van der Waals surface area contributed by atoms with Crippen LogP contribution in [0.4, 0.5) is 11.4 Å². The highest BCUT2D eigenvalue weighted by Gasteiger charge is 2.06. The number of carbonyl (C=O) groups excluding carboxylic acids is 1. The number of ketones is 1. The molecule has 100 valence electrons. The fourth-order valence-electron chi connectivity index (χ4n) is 1.72. The second-order valence-corrected chi connectivity index (χ2v) is 4.30. The van der Waals surface area contributed by atoms with Crippen LogP contribution in [-0.4, -0.2) is 10.8 Å². The first-order valence-electron chi connectivity index (χ1n) is 6.17. The number of oxazole rings is 1. The van der Waals surface area contributed by atoms with Crippen molar-refractivity contribution >= 4 is 17.2 Å². The predicted molar refractivity (Wildman–Crippen MR) is 74.1 cm³/mol. The van der Waals surface area contributed by atoms with Crippen molar-refractivity contribution in [3.63, 3.8) is 0 Å². The highest BCUT2D eigenvalue weighted by molar-refractivity contribution is 5.95. The van der Waals surface area contributed by atoms with E-state index in [1.807, 2.05) is 6.92 Å². The summed E-state index contributed by atoms with van der Waals surface area (Å²) in [6.45, 7) is 4.04. The molecule has 2 rings (SSSR count). The zero-order chi connectivity index (χ0) is 13.8. The van der Waals surface area contributed by atoms with E-state index < -0.39 is 0 Å². The second kappa shape index (κ2) is 5.56. The monoisotopic (exact) mass is 259 g/mol. The molecule has 0 aliphatic rings. The maximum atomic E-state index is 11.2. The average molecular weight is 259 g/mol. The van der Waals surface area contributed by atoms with E-state index in [9.17, 15) is 4.79 Å². The Morgan fingerprint density at radius 2 is 2.26 bits per heavy atom. The van der Waals surface area contributed by atoms with Crippen molar-refractivity contribution in [1.29, 1.82) is 0 Å². The molecule has 0 radical (unpaired) electrons. The lowest BCUT2D eigenvalue weighted by atomic mass is 10.1. The van der Waals surface area contributed by atoms with Crippen molar-refractivity contribution in [2.24, 2.45) is 0 Å². The molecule has 3 N–H and O–H groups in total. The number of benzene rings is 1. The molecule has 0 bridgehead atoms. The fraction of sp³-hybridized carbons (Fsp3) is 0.286. The van der Waals surface area contributed by atoms with Crippen LogP contribution in [0.3, 0.4) is 0 Å². The maximum absolute atomic E-state index is 11.2. The minimum Gasteiger partial charge on any atom is -0.449 e. The van der Waals surface area contributed by atoms with E-state index in [0.29, 0.717) is 17.8 Å². The second-order valence-electron chi connectivity index (χ2n) is 4.30. The Labute approximate surface area is 111 Å². The molecule has 1 aromatic heterocycles. The first-order chi connectivity index (χ1) is 9.10. The van der Waals surface area contributed by atoms with Gasteiger partial charge in [-0.2, -0.15) is 0 Å². The number of anilines is 2. The van der Waals surface area contributed by atoms with E-state index >= 15 is 0 Å². The van der Waals surface area contributed by atoms with E-state index in [2.05, 4.69) is 10.3 Å². The van der Waals surface area contributed by atoms with Gasteiger partial charge in [0.05, 0.1) is 23.6 Å². The lowest BCUT2D eigenvalue weighted by Gasteiger charge is -2.08. The summed E-state index contributed by atoms with van der Waals surface area (Å²) in [6, 6.07) is 5.22. The molecule has 0 aliphatic heterocycles. The summed E-state index contributed by atoms with van der Waals surface area (Å²) in [7, 11) is 0. The maximum Gasteiger partial charge on any atom is 0.193 e. The number of nitrogens with two attached hydrogens (primary N) is 1. The average Bonchev–Trinajstić information content (AvgIpc) is 2.85. The van der Waals surface area contributed by atoms with Crippen molar-refractivity contribution in [2.75, 3.05) is 11.1 Å². The summed E-state index contributed by atoms with van der Waals surface area (Å²) in [6.07, 6.45) is 2.40. The largest absolute Gasteiger partial charge is 0.449 e. The van der Waals surface area contributed by atoms with Gasteiger partial charge in [-0.05, 0) is 25.1 Å². The molecular formula is C14H17N3O2. The van der Waals surface area contributed by atoms with Crippen LogP contribution in [0.15, 0.2) is 28.9 Å². The summed E-state index contributed by atoms with van der Waals surface area (Å²) >= 11 is 0. The van der Waals surface area contributed by atoms with Crippen molar-refractivity contribution in [1.82, 2.24) is 4.98 Å². The number of hydrogen-bond acceptors (Lipinski definition) is 5. The Hall–Kier alpha value is -2.30. The van der Waals surface area contributed by atoms with E-state index in [-0.39, 0.29) is 5.78 Å². The lowest BCUT2D eigenvalue weighted by molar-refractivity contribution is 0.101. The summed E-state index contributed by atoms with van der Waals surface area (Å²) in [5.74, 6) is 0.721. The highest BCUT2D eigenvalue weighted by atomic mass is 16.3. The van der Waals surface area contributed by atoms with Gasteiger partial charge in [0.25, 0.3) is 0 Å². The summed E-state index contributed by atoms with van der Waals surface area (Å²) < 4.78 is 5.26. The molecule has 5 heteroatoms. The molecule has 0 saturated carbocycles. The van der Waals surface area contributed by atoms with Crippen LogP contribution in [0.2, 0.25) is 0 Å². The van der Waals surface area contributed by atoms with Crippen molar-refractivity contribution in [3.8, 4) is 0 Å². The molecule has 0 spiro atoms. The number of Topliss-reactive ketones (excluding diaryl/α,β-unsaturated/α-hetero) is 1. The van der Waals surface area contributed by atoms with Gasteiger partial charge in [0, 0.05) is 12.0 Å². The highest BCUT2D eigenvalue weighted by Crippen LogP contribution is 2.21. The minimum atomic E-state index is 0.00217. The van der Waals surface area contributed by atoms with Crippen LogP contribution in [0.1, 0.15) is 35.8 Å². The topological polar surface area (TPSA) is 81.2 Å². The quantitative estimate of drug-likeness (QED) is 0.637. The third-order valence-corrected chi connectivity index (χ3v) is 2.82. The molecule has 1 aromatic carbocycles. The number of aromatic nitrogens is 1. The Bertz CT molecular complexity index is 590. The third-order valence-electron chi connectivity index (χ3n) is 2.82. The van der Waals surface area contributed by atoms with Crippen LogP contribution in [0, 0.1) is 0 Å². The number of rotatable bonds is 5. The van der Waals surface area contributed by atoms with Gasteiger partial charge in [-0.15, -0.1) is 0 Å². The van der Waals surface area contributed by atoms with Crippen LogP contribution >= 0.6 is 0 Å². The lowest BCUT2D eigenvalue weighted by Crippen LogP contribution is -2.04. The first kappa shape index (κ1) is 13.1. The third kappa shape index (κ3) is 3.13. The predicted octanol–water partition coefficient (Wildman–Crippen LogP) is 2.63. The molecule has 1 heterocycles. The molecule has 0 fully saturated rings. The van der Waals surface area contributed by atoms with Gasteiger partial charge in [-0.3, -0.25) is 4.79 Å². The van der Waals surface area contributed by atoms with E-state index in [4.69, 9.17) is 10.2 Å². The van der Waals surface area contributed by atoms with Gasteiger partial charge in [0.2, 0.25) is 0 Å². The van der Waals surface area contributed by atoms with Gasteiger partial charge in [0.1, 0.15) is 6.26 Å². The van der Waals surface area contributed by atoms with Crippen molar-refractivity contribution < 1.29 is 9.21 Å². The Balaban J connectivity index is 2.05. The van der Waals surface area contributed by atoms with Gasteiger partial charge in [-0.25, -0.2) is 4.98 Å². The summed E-state index contributed by atoms with van der Waals surface area (Å²) in [5, 5.41) is 3.17. The number of nitrogens with zero attached hydrogens (tertiary/aromatic N) is 1. The van der Waals surface area contributed by atoms with Gasteiger partial charge in [0.15, 0.2) is 11.7 Å². The van der Waals surface area contributed by atoms with Gasteiger partial charge < -0.3 is 15.5 Å². The van der Waals surface area contributed by atoms with Crippen molar-refractivity contribution in [2.45, 2.75) is 26.8 Å². The molecule has 5 nitrogen and oxygen atoms in total. The standard InChI is InChI=1S/C14H17N3O2/c1-3-14-17-11(8-19-14)7-16-13-5-4-10(9(2)18)6-12(13)15/h4-6,8,16H,3,7,15H2,1-2H3. The minimum absolute atomic E-state index is 0.00217. The van der Waals surface area contributed by atoms with Crippen molar-refractivity contribution in [3.05, 3.63) is 41.6 Å². The normalized spacial score (nSPS) is 10.4. The fourth-order valence-corrected chi connectivity index (χ4v) is 1.72. The molecule has 0 amide bonds. The first-order valence-corrected chi connectivity index (χ1v) is 6.17. The van der Waals surface area contributed by atoms with Gasteiger partial charge >= 0.3 is 0 Å². The molecule has 0 aliphatic carbocycles. The number of hydrogen-bond donors (Lipinski definition) is 2. The van der Waals surface area contributed by atoms with E-state index in [1.54, 1.807) is 24.5 Å². The zero-order valence-corrected chi connectivity index (χ0v) is 11.1. The SMILES string of the molecule is CCc1nc(CNc2ccc(C(C)=O)cc2N)co1. The summed E-state index contributed by atoms with van der Waals surface area (Å²) in [4.78, 5) is 15.5. The van der Waals surface area contributed by atoms with E-state index in [0.717, 1.165) is 23.7 Å². The van der Waals surface area contributed by atoms with Crippen LogP contribution in [0.25, 0.3) is 0 Å². The molecule has 0 atom stereocenters. The molecule has 0 unspecified atom stereocenters. The van der Waals surface area contributed by atoms with Gasteiger partial charge in [-0.1, -0.05) is 6.92 Å². The number of carbonyl (C=O) groups is 1. The molecule has 0 saturated heterocycles. The van der Waals surface area contributed by atoms with Crippen LogP contribution in [-0.2, 0) is 13.0 Å². The Morgan fingerprint density at radius 3 is 2.84 bits per heavy atom. The number of nitrogen functional groups attached to an aromatic ring is 1. The van der Waals surface area contributed by atoms with Crippen LogP contribution < -0.4 is 11.1 Å². The van der Waals surface area contributed by atoms with E-state index in [1.165, 1.54) is 6.92 Å². The zero-order valence-electron chi connectivity index (χ0n) is 11.1. The Kier molecular flexibility index (Phi) is 3.85. The number of aryl methyl sites for hydroxylation is 1. The molecule has 19 heavy (non-hydrogen) atoms.